The lowest BCUT2D eigenvalue weighted by Gasteiger charge is -2.23. The van der Waals surface area contributed by atoms with Crippen molar-refractivity contribution in [3.63, 3.8) is 0 Å². The van der Waals surface area contributed by atoms with Gasteiger partial charge in [0.2, 0.25) is 0 Å². The van der Waals surface area contributed by atoms with E-state index in [0.717, 1.165) is 58.9 Å². The van der Waals surface area contributed by atoms with Gasteiger partial charge in [-0.3, -0.25) is 4.98 Å². The fourth-order valence-electron chi connectivity index (χ4n) is 3.34. The predicted octanol–water partition coefficient (Wildman–Crippen LogP) is 3.67. The smallest absolute Gasteiger partial charge is 0.150 e. The summed E-state index contributed by atoms with van der Waals surface area (Å²) in [4.78, 5) is 9.21. The number of pyridine rings is 1. The maximum absolute atomic E-state index is 6.27. The minimum absolute atomic E-state index is 0.226. The van der Waals surface area contributed by atoms with E-state index in [4.69, 9.17) is 16.6 Å². The van der Waals surface area contributed by atoms with Crippen LogP contribution in [0.25, 0.3) is 10.9 Å². The van der Waals surface area contributed by atoms with Crippen LogP contribution in [0.5, 0.6) is 0 Å². The van der Waals surface area contributed by atoms with Gasteiger partial charge >= 0.3 is 0 Å². The van der Waals surface area contributed by atoms with Crippen LogP contribution >= 0.6 is 11.6 Å². The molecule has 0 amide bonds. The molecule has 0 aliphatic carbocycles. The molecule has 0 spiro atoms. The van der Waals surface area contributed by atoms with Crippen LogP contribution in [0.15, 0.2) is 30.5 Å². The Bertz CT molecular complexity index is 873. The molecule has 5 nitrogen and oxygen atoms in total. The molecule has 0 saturated carbocycles. The van der Waals surface area contributed by atoms with Gasteiger partial charge in [0.15, 0.2) is 5.82 Å². The molecule has 1 aromatic carbocycles. The van der Waals surface area contributed by atoms with E-state index in [2.05, 4.69) is 22.3 Å². The molecule has 0 saturated heterocycles. The van der Waals surface area contributed by atoms with Crippen LogP contribution < -0.4 is 5.32 Å². The van der Waals surface area contributed by atoms with Crippen molar-refractivity contribution in [2.75, 3.05) is 0 Å². The first-order chi connectivity index (χ1) is 11.7. The monoisotopic (exact) mass is 341 g/mol. The quantitative estimate of drug-likeness (QED) is 0.786. The number of hydrogen-bond donors (Lipinski definition) is 1. The maximum atomic E-state index is 6.27. The fraction of sp³-hybridized carbons (Fsp3) is 0.389. The third-order valence-corrected chi connectivity index (χ3v) is 4.74. The molecule has 0 fully saturated rings. The SMILES string of the molecule is CCc1nc2n(n1)CCCC2NCc1cc(Cl)cc2cccnc12. The number of aryl methyl sites for hydroxylation is 2. The zero-order valence-corrected chi connectivity index (χ0v) is 14.4. The Kier molecular flexibility index (Phi) is 4.21. The Hall–Kier alpha value is -1.98. The van der Waals surface area contributed by atoms with Crippen molar-refractivity contribution in [3.8, 4) is 0 Å². The molecule has 0 radical (unpaired) electrons. The third kappa shape index (κ3) is 2.89. The van der Waals surface area contributed by atoms with Crippen LogP contribution in [0.4, 0.5) is 0 Å². The van der Waals surface area contributed by atoms with Gasteiger partial charge in [-0.2, -0.15) is 5.10 Å². The molecule has 0 bridgehead atoms. The van der Waals surface area contributed by atoms with Crippen molar-refractivity contribution in [1.29, 1.82) is 0 Å². The number of rotatable bonds is 4. The molecule has 24 heavy (non-hydrogen) atoms. The molecule has 3 aromatic rings. The lowest BCUT2D eigenvalue weighted by molar-refractivity contribution is 0.366. The molecule has 6 heteroatoms. The van der Waals surface area contributed by atoms with Crippen molar-refractivity contribution >= 4 is 22.5 Å². The van der Waals surface area contributed by atoms with Crippen molar-refractivity contribution in [2.24, 2.45) is 0 Å². The first kappa shape index (κ1) is 15.5. The van der Waals surface area contributed by atoms with Gasteiger partial charge in [-0.15, -0.1) is 0 Å². The van der Waals surface area contributed by atoms with Gasteiger partial charge in [0.1, 0.15) is 5.82 Å². The predicted molar refractivity (Wildman–Crippen MR) is 95.0 cm³/mol. The third-order valence-electron chi connectivity index (χ3n) is 4.52. The van der Waals surface area contributed by atoms with E-state index in [-0.39, 0.29) is 6.04 Å². The number of hydrogen-bond acceptors (Lipinski definition) is 4. The van der Waals surface area contributed by atoms with Crippen LogP contribution in [0.2, 0.25) is 5.02 Å². The second kappa shape index (κ2) is 6.49. The highest BCUT2D eigenvalue weighted by atomic mass is 35.5. The Morgan fingerprint density at radius 2 is 2.29 bits per heavy atom. The number of nitrogens with zero attached hydrogens (tertiary/aromatic N) is 4. The van der Waals surface area contributed by atoms with Crippen LogP contribution in [0.1, 0.15) is 43.0 Å². The van der Waals surface area contributed by atoms with E-state index in [1.165, 1.54) is 0 Å². The Morgan fingerprint density at radius 3 is 3.17 bits per heavy atom. The van der Waals surface area contributed by atoms with Gasteiger partial charge in [0.05, 0.1) is 11.6 Å². The van der Waals surface area contributed by atoms with Crippen LogP contribution in [0, 0.1) is 0 Å². The van der Waals surface area contributed by atoms with Crippen molar-refractivity contribution in [1.82, 2.24) is 25.1 Å². The summed E-state index contributed by atoms with van der Waals surface area (Å²) in [6.07, 6.45) is 4.89. The molecular formula is C18H20ClN5. The summed E-state index contributed by atoms with van der Waals surface area (Å²) in [5, 5.41) is 10.0. The highest BCUT2D eigenvalue weighted by Gasteiger charge is 2.23. The minimum Gasteiger partial charge on any atom is -0.303 e. The normalized spacial score (nSPS) is 17.2. The number of benzene rings is 1. The Labute approximate surface area is 146 Å². The highest BCUT2D eigenvalue weighted by Crippen LogP contribution is 2.26. The second-order valence-corrected chi connectivity index (χ2v) is 6.62. The Morgan fingerprint density at radius 1 is 1.38 bits per heavy atom. The second-order valence-electron chi connectivity index (χ2n) is 6.18. The topological polar surface area (TPSA) is 55.6 Å². The number of aromatic nitrogens is 4. The van der Waals surface area contributed by atoms with Crippen molar-refractivity contribution < 1.29 is 0 Å². The highest BCUT2D eigenvalue weighted by molar-refractivity contribution is 6.31. The first-order valence-corrected chi connectivity index (χ1v) is 8.82. The van der Waals surface area contributed by atoms with Gasteiger partial charge in [-0.05, 0) is 36.6 Å². The number of halogens is 1. The standard InChI is InChI=1S/C18H20ClN5/c1-2-16-22-18-15(6-4-8-24(18)23-16)21-11-13-10-14(19)9-12-5-3-7-20-17(12)13/h3,5,7,9-10,15,21H,2,4,6,8,11H2,1H3. The fourth-order valence-corrected chi connectivity index (χ4v) is 3.59. The molecule has 2 aromatic heterocycles. The van der Waals surface area contributed by atoms with Crippen LogP contribution in [-0.2, 0) is 19.5 Å². The summed E-state index contributed by atoms with van der Waals surface area (Å²) in [6, 6.07) is 8.16. The van der Waals surface area contributed by atoms with E-state index in [9.17, 15) is 0 Å². The zero-order valence-electron chi connectivity index (χ0n) is 13.7. The van der Waals surface area contributed by atoms with E-state index < -0.39 is 0 Å². The molecule has 3 heterocycles. The number of nitrogens with one attached hydrogen (secondary N) is 1. The molecule has 4 rings (SSSR count). The summed E-state index contributed by atoms with van der Waals surface area (Å²) >= 11 is 6.27. The summed E-state index contributed by atoms with van der Waals surface area (Å²) in [7, 11) is 0. The Balaban J connectivity index is 1.59. The zero-order chi connectivity index (χ0) is 16.5. The van der Waals surface area contributed by atoms with E-state index in [1.807, 2.05) is 35.1 Å². The van der Waals surface area contributed by atoms with Gasteiger partial charge in [0, 0.05) is 36.1 Å². The molecular weight excluding hydrogens is 322 g/mol. The number of fused-ring (bicyclic) bond motifs is 2. The minimum atomic E-state index is 0.226. The summed E-state index contributed by atoms with van der Waals surface area (Å²) in [6.45, 7) is 3.77. The van der Waals surface area contributed by atoms with Crippen LogP contribution in [-0.4, -0.2) is 19.7 Å². The molecule has 124 valence electrons. The average Bonchev–Trinajstić information content (AvgIpc) is 3.03. The molecule has 1 N–H and O–H groups in total. The largest absolute Gasteiger partial charge is 0.303 e. The van der Waals surface area contributed by atoms with E-state index >= 15 is 0 Å². The molecule has 1 aliphatic rings. The van der Waals surface area contributed by atoms with Gasteiger partial charge in [0.25, 0.3) is 0 Å². The summed E-state index contributed by atoms with van der Waals surface area (Å²) in [5.74, 6) is 1.98. The van der Waals surface area contributed by atoms with Crippen molar-refractivity contribution in [2.45, 2.75) is 45.3 Å². The summed E-state index contributed by atoms with van der Waals surface area (Å²) < 4.78 is 2.05. The first-order valence-electron chi connectivity index (χ1n) is 8.44. The van der Waals surface area contributed by atoms with Crippen molar-refractivity contribution in [3.05, 3.63) is 52.7 Å². The lowest BCUT2D eigenvalue weighted by atomic mass is 10.1. The van der Waals surface area contributed by atoms with Gasteiger partial charge in [-0.25, -0.2) is 9.67 Å². The van der Waals surface area contributed by atoms with Crippen LogP contribution in [0.3, 0.4) is 0 Å². The van der Waals surface area contributed by atoms with Gasteiger partial charge < -0.3 is 5.32 Å². The summed E-state index contributed by atoms with van der Waals surface area (Å²) in [5.41, 5.74) is 2.12. The average molecular weight is 342 g/mol. The van der Waals surface area contributed by atoms with E-state index in [1.54, 1.807) is 0 Å². The molecule has 1 unspecified atom stereocenters. The molecule has 1 aliphatic heterocycles. The van der Waals surface area contributed by atoms with Gasteiger partial charge in [-0.1, -0.05) is 24.6 Å². The lowest BCUT2D eigenvalue weighted by Crippen LogP contribution is -2.28. The van der Waals surface area contributed by atoms with E-state index in [0.29, 0.717) is 6.54 Å². The maximum Gasteiger partial charge on any atom is 0.150 e. The molecule has 1 atom stereocenters.